The number of phenols is 2. The van der Waals surface area contributed by atoms with Crippen LogP contribution in [0.1, 0.15) is 176 Å². The first kappa shape index (κ1) is 52.6. The number of fused-ring (bicyclic) bond motifs is 8. The van der Waals surface area contributed by atoms with Crippen molar-refractivity contribution in [2.24, 2.45) is 9.98 Å². The number of unbranched alkanes of at least 4 members (excludes halogenated alkanes) is 2. The Hall–Kier alpha value is -3.18. The Bertz CT molecular complexity index is 2230. The van der Waals surface area contributed by atoms with E-state index in [2.05, 4.69) is 142 Å². The molecule has 2 N–H and O–H groups in total. The Kier molecular flexibility index (Phi) is 17.1. The summed E-state index contributed by atoms with van der Waals surface area (Å²) in [6, 6.07) is 18.2. The fraction of sp³-hybridized carbons (Fsp3) is 0.552. The average molecular weight is 996 g/mol. The van der Waals surface area contributed by atoms with E-state index < -0.39 is 0 Å². The molecule has 0 aromatic heterocycles. The van der Waals surface area contributed by atoms with Crippen molar-refractivity contribution in [3.63, 3.8) is 0 Å². The summed E-state index contributed by atoms with van der Waals surface area (Å²) in [5.41, 5.74) is 11.9. The smallest absolute Gasteiger partial charge is 0.126 e. The van der Waals surface area contributed by atoms with E-state index in [1.807, 2.05) is 47.0 Å². The van der Waals surface area contributed by atoms with Crippen LogP contribution in [0.2, 0.25) is 0 Å². The van der Waals surface area contributed by atoms with Gasteiger partial charge in [-0.2, -0.15) is 0 Å². The minimum Gasteiger partial charge on any atom is -0.507 e. The monoisotopic (exact) mass is 994 g/mol. The minimum atomic E-state index is -0.167. The number of thioether (sulfide) groups is 4. The molecule has 2 aliphatic heterocycles. The number of hydrogen-bond donors (Lipinski definition) is 2. The van der Waals surface area contributed by atoms with Gasteiger partial charge in [0.25, 0.3) is 0 Å². The van der Waals surface area contributed by atoms with E-state index in [0.29, 0.717) is 50.4 Å². The van der Waals surface area contributed by atoms with Crippen LogP contribution in [0.25, 0.3) is 0 Å². The molecule has 3 aliphatic rings. The number of aliphatic imine (C=N–C) groups is 2. The molecule has 0 saturated heterocycles. The van der Waals surface area contributed by atoms with Gasteiger partial charge >= 0.3 is 0 Å². The number of benzene rings is 4. The number of ether oxygens (including phenoxy) is 2. The number of nitrogens with zero attached hydrogens (tertiary/aromatic N) is 2. The quantitative estimate of drug-likeness (QED) is 0.120. The van der Waals surface area contributed by atoms with Gasteiger partial charge in [-0.1, -0.05) is 179 Å². The van der Waals surface area contributed by atoms with E-state index in [1.165, 1.54) is 31.0 Å². The number of phenolic OH excluding ortho intramolecular Hbond substituents is 2. The number of rotatable bonds is 12. The fourth-order valence-corrected chi connectivity index (χ4v) is 13.1. The molecule has 6 nitrogen and oxygen atoms in total. The van der Waals surface area contributed by atoms with E-state index in [0.717, 1.165) is 118 Å². The van der Waals surface area contributed by atoms with Gasteiger partial charge in [-0.25, -0.2) is 0 Å². The summed E-state index contributed by atoms with van der Waals surface area (Å²) in [5, 5.41) is 25.4. The van der Waals surface area contributed by atoms with Crippen molar-refractivity contribution in [3.05, 3.63) is 115 Å². The van der Waals surface area contributed by atoms with E-state index in [4.69, 9.17) is 9.47 Å². The molecule has 2 heterocycles. The second-order valence-electron chi connectivity index (χ2n) is 23.0. The maximum atomic E-state index is 12.7. The summed E-state index contributed by atoms with van der Waals surface area (Å²) in [6.07, 6.45) is 5.90. The number of aromatic hydroxyl groups is 2. The van der Waals surface area contributed by atoms with Crippen molar-refractivity contribution in [1.82, 2.24) is 0 Å². The molecule has 0 spiro atoms. The molecule has 0 saturated carbocycles. The first-order chi connectivity index (χ1) is 32.0. The highest BCUT2D eigenvalue weighted by Gasteiger charge is 2.29. The Morgan fingerprint density at radius 2 is 0.721 bits per heavy atom. The Balaban J connectivity index is 1.39. The van der Waals surface area contributed by atoms with Gasteiger partial charge in [-0.3, -0.25) is 9.98 Å². The molecule has 1 aliphatic carbocycles. The molecule has 0 radical (unpaired) electrons. The van der Waals surface area contributed by atoms with Crippen LogP contribution in [0.15, 0.2) is 58.5 Å². The topological polar surface area (TPSA) is 83.6 Å². The van der Waals surface area contributed by atoms with Crippen LogP contribution in [0, 0.1) is 0 Å². The molecule has 4 aromatic carbocycles. The maximum Gasteiger partial charge on any atom is 0.126 e. The Morgan fingerprint density at radius 3 is 0.971 bits per heavy atom. The molecule has 0 amide bonds. The summed E-state index contributed by atoms with van der Waals surface area (Å²) in [7, 11) is 0. The van der Waals surface area contributed by atoms with Gasteiger partial charge in [0.1, 0.15) is 31.7 Å². The lowest BCUT2D eigenvalue weighted by Gasteiger charge is -2.28. The van der Waals surface area contributed by atoms with Crippen LogP contribution < -0.4 is 9.47 Å². The van der Waals surface area contributed by atoms with Gasteiger partial charge in [0, 0.05) is 48.7 Å². The molecular weight excluding hydrogens is 917 g/mol. The van der Waals surface area contributed by atoms with Crippen LogP contribution in [0.4, 0.5) is 0 Å². The summed E-state index contributed by atoms with van der Waals surface area (Å²) in [6.45, 7) is 30.2. The molecule has 368 valence electrons. The molecule has 0 fully saturated rings. The zero-order valence-electron chi connectivity index (χ0n) is 43.2. The second-order valence-corrected chi connectivity index (χ2v) is 27.9. The summed E-state index contributed by atoms with van der Waals surface area (Å²) in [5.74, 6) is 6.60. The lowest BCUT2D eigenvalue weighted by Crippen LogP contribution is -2.17. The summed E-state index contributed by atoms with van der Waals surface area (Å²) in [4.78, 5) is 9.28. The van der Waals surface area contributed by atoms with E-state index in [-0.39, 0.29) is 21.7 Å². The van der Waals surface area contributed by atoms with Gasteiger partial charge in [0.2, 0.25) is 0 Å². The second kappa shape index (κ2) is 22.1. The summed E-state index contributed by atoms with van der Waals surface area (Å²) >= 11 is 7.46. The normalized spacial score (nSPS) is 15.6. The molecule has 0 unspecified atom stereocenters. The third-order valence-electron chi connectivity index (χ3n) is 13.1. The van der Waals surface area contributed by atoms with Crippen molar-refractivity contribution in [2.75, 3.05) is 49.3 Å². The molecule has 68 heavy (non-hydrogen) atoms. The van der Waals surface area contributed by atoms with Crippen LogP contribution in [-0.4, -0.2) is 68.3 Å². The zero-order valence-corrected chi connectivity index (χ0v) is 46.4. The highest BCUT2D eigenvalue weighted by atomic mass is 32.2. The molecule has 0 atom stereocenters. The van der Waals surface area contributed by atoms with Crippen LogP contribution in [0.3, 0.4) is 0 Å². The molecule has 4 aromatic rings. The van der Waals surface area contributed by atoms with Crippen LogP contribution in [0.5, 0.6) is 23.0 Å². The van der Waals surface area contributed by atoms with Crippen LogP contribution >= 0.6 is 47.0 Å². The standard InChI is InChI=1S/C58H78N2O4S4/c1-55(2,3)45-29-37-25-41-33-47(57(7,8)9)35-43(51(41)63-19-13-15-21-65-53-59-17-23-67-53)27-39-31-46(56(4,5)6)32-40(50(39)62)28-44-36-48(58(10,11)12)34-42(26-38(30-45)49(37)61)52(44)64-20-14-16-22-66-54-60-18-24-68-54/h29-36,61-62H,13-28H2,1-12H3. The Labute approximate surface area is 426 Å². The van der Waals surface area contributed by atoms with Gasteiger partial charge in [0.15, 0.2) is 0 Å². The first-order valence-corrected chi connectivity index (χ1v) is 28.9. The van der Waals surface area contributed by atoms with Crippen molar-refractivity contribution in [2.45, 2.75) is 156 Å². The third-order valence-corrected chi connectivity index (χ3v) is 17.8. The highest BCUT2D eigenvalue weighted by Crippen LogP contribution is 2.44. The molecule has 8 bridgehead atoms. The van der Waals surface area contributed by atoms with Crippen LogP contribution in [-0.2, 0) is 47.3 Å². The van der Waals surface area contributed by atoms with Crippen molar-refractivity contribution in [1.29, 1.82) is 0 Å². The first-order valence-electron chi connectivity index (χ1n) is 24.9. The molecular formula is C58H78N2O4S4. The maximum absolute atomic E-state index is 12.7. The van der Waals surface area contributed by atoms with Crippen molar-refractivity contribution >= 4 is 55.8 Å². The van der Waals surface area contributed by atoms with Crippen molar-refractivity contribution < 1.29 is 19.7 Å². The number of hydrogen-bond acceptors (Lipinski definition) is 10. The SMILES string of the molecule is CC(C)(C)c1cc2c(O)c(c1)Cc1cc(C(C)(C)C)cc(c1OCCCCSC1=NCCS1)Cc1cc(C(C)(C)C)cc(c1O)Cc1cc(C(C)(C)C)cc(c1OCCCCSC1=NCCS1)C2. The van der Waals surface area contributed by atoms with E-state index in [9.17, 15) is 10.2 Å². The van der Waals surface area contributed by atoms with E-state index in [1.54, 1.807) is 0 Å². The van der Waals surface area contributed by atoms with Gasteiger partial charge in [0.05, 0.1) is 26.3 Å². The predicted octanol–water partition coefficient (Wildman–Crippen LogP) is 15.0. The molecule has 10 heteroatoms. The lowest BCUT2D eigenvalue weighted by atomic mass is 9.79. The van der Waals surface area contributed by atoms with Crippen molar-refractivity contribution in [3.8, 4) is 23.0 Å². The largest absolute Gasteiger partial charge is 0.507 e. The minimum absolute atomic E-state index is 0.158. The van der Waals surface area contributed by atoms with Gasteiger partial charge < -0.3 is 19.7 Å². The highest BCUT2D eigenvalue weighted by molar-refractivity contribution is 8.39. The lowest BCUT2D eigenvalue weighted by molar-refractivity contribution is 0.304. The van der Waals surface area contributed by atoms with Gasteiger partial charge in [-0.15, -0.1) is 0 Å². The predicted molar refractivity (Wildman–Crippen MR) is 299 cm³/mol. The Morgan fingerprint density at radius 1 is 0.441 bits per heavy atom. The molecule has 7 rings (SSSR count). The van der Waals surface area contributed by atoms with E-state index >= 15 is 0 Å². The third kappa shape index (κ3) is 13.6. The summed E-state index contributed by atoms with van der Waals surface area (Å²) < 4.78 is 16.5. The van der Waals surface area contributed by atoms with Gasteiger partial charge in [-0.05, 0) is 114 Å². The fourth-order valence-electron chi connectivity index (χ4n) is 8.90. The average Bonchev–Trinajstić information content (AvgIpc) is 3.98. The zero-order chi connectivity index (χ0) is 49.0.